The molecule has 0 spiro atoms. The number of ketones is 1. The van der Waals surface area contributed by atoms with Crippen molar-refractivity contribution >= 4 is 11.8 Å². The summed E-state index contributed by atoms with van der Waals surface area (Å²) in [5, 5.41) is 10.8. The van der Waals surface area contributed by atoms with Gasteiger partial charge in [-0.2, -0.15) is 0 Å². The number of benzene rings is 3. The molecule has 0 saturated carbocycles. The first-order valence-electron chi connectivity index (χ1n) is 10.4. The molecule has 1 N–H and O–H groups in total. The molecule has 0 bridgehead atoms. The Bertz CT molecular complexity index is 1150. The first-order valence-corrected chi connectivity index (χ1v) is 10.4. The van der Waals surface area contributed by atoms with Crippen molar-refractivity contribution in [2.45, 2.75) is 25.7 Å². The maximum absolute atomic E-state index is 12.2. The lowest BCUT2D eigenvalue weighted by Crippen LogP contribution is -2.21. The highest BCUT2D eigenvalue weighted by molar-refractivity contribution is 5.98. The Labute approximate surface area is 186 Å². The third-order valence-corrected chi connectivity index (χ3v) is 5.58. The van der Waals surface area contributed by atoms with E-state index in [1.165, 1.54) is 18.6 Å². The van der Waals surface area contributed by atoms with E-state index in [-0.39, 0.29) is 29.3 Å². The predicted octanol–water partition coefficient (Wildman–Crippen LogP) is 4.67. The summed E-state index contributed by atoms with van der Waals surface area (Å²) < 4.78 is 16.8. The highest BCUT2D eigenvalue weighted by atomic mass is 16.5. The standard InChI is InChI=1S/C26H24O6/c1-16(27)19-9-11-22-25(26(19)29)20(15-24(28)32-22)18-8-10-21(23(14-18)30-2)31-13-12-17-6-4-3-5-7-17/h3-11,14,20,29H,12-13,15H2,1-2H3. The van der Waals surface area contributed by atoms with Crippen LogP contribution in [0.3, 0.4) is 0 Å². The number of hydrogen-bond acceptors (Lipinski definition) is 6. The van der Waals surface area contributed by atoms with Crippen molar-refractivity contribution in [3.8, 4) is 23.0 Å². The largest absolute Gasteiger partial charge is 0.507 e. The number of phenolic OH excluding ortho intramolecular Hbond substituents is 1. The predicted molar refractivity (Wildman–Crippen MR) is 119 cm³/mol. The third kappa shape index (κ3) is 4.30. The number of hydrogen-bond donors (Lipinski definition) is 1. The Morgan fingerprint density at radius 3 is 2.59 bits per heavy atom. The van der Waals surface area contributed by atoms with Crippen molar-refractivity contribution in [1.82, 2.24) is 0 Å². The fourth-order valence-electron chi connectivity index (χ4n) is 3.96. The molecule has 0 aliphatic carbocycles. The van der Waals surface area contributed by atoms with Gasteiger partial charge in [-0.25, -0.2) is 0 Å². The molecule has 1 unspecified atom stereocenters. The maximum Gasteiger partial charge on any atom is 0.312 e. The van der Waals surface area contributed by atoms with Gasteiger partial charge in [-0.15, -0.1) is 0 Å². The van der Waals surface area contributed by atoms with Crippen LogP contribution in [0.2, 0.25) is 0 Å². The summed E-state index contributed by atoms with van der Waals surface area (Å²) in [7, 11) is 1.55. The summed E-state index contributed by atoms with van der Waals surface area (Å²) >= 11 is 0. The van der Waals surface area contributed by atoms with Gasteiger partial charge in [0, 0.05) is 17.9 Å². The minimum absolute atomic E-state index is 0.0410. The van der Waals surface area contributed by atoms with Crippen molar-refractivity contribution in [2.24, 2.45) is 0 Å². The van der Waals surface area contributed by atoms with Crippen LogP contribution in [0.5, 0.6) is 23.0 Å². The van der Waals surface area contributed by atoms with E-state index in [9.17, 15) is 14.7 Å². The lowest BCUT2D eigenvalue weighted by molar-refractivity contribution is -0.135. The van der Waals surface area contributed by atoms with Crippen LogP contribution in [0, 0.1) is 0 Å². The van der Waals surface area contributed by atoms with Gasteiger partial charge in [0.1, 0.15) is 11.5 Å². The second kappa shape index (κ2) is 9.14. The molecule has 0 aromatic heterocycles. The average molecular weight is 432 g/mol. The second-order valence-electron chi connectivity index (χ2n) is 7.65. The van der Waals surface area contributed by atoms with Gasteiger partial charge < -0.3 is 19.3 Å². The normalized spacial score (nSPS) is 14.9. The van der Waals surface area contributed by atoms with Gasteiger partial charge in [-0.1, -0.05) is 36.4 Å². The molecule has 1 heterocycles. The number of Topliss-reactive ketones (excluding diaryl/α,β-unsaturated/α-hetero) is 1. The Morgan fingerprint density at radius 2 is 1.88 bits per heavy atom. The molecule has 0 fully saturated rings. The molecule has 1 aliphatic heterocycles. The molecule has 6 nitrogen and oxygen atoms in total. The lowest BCUT2D eigenvalue weighted by Gasteiger charge is -2.27. The average Bonchev–Trinajstić information content (AvgIpc) is 2.79. The summed E-state index contributed by atoms with van der Waals surface area (Å²) in [5.41, 5.74) is 2.56. The zero-order valence-electron chi connectivity index (χ0n) is 18.0. The monoisotopic (exact) mass is 432 g/mol. The molecule has 0 radical (unpaired) electrons. The lowest BCUT2D eigenvalue weighted by atomic mass is 9.84. The highest BCUT2D eigenvalue weighted by Crippen LogP contribution is 2.46. The van der Waals surface area contributed by atoms with Crippen LogP contribution in [-0.2, 0) is 11.2 Å². The number of phenols is 1. The molecule has 1 aliphatic rings. The number of esters is 1. The van der Waals surface area contributed by atoms with Crippen LogP contribution in [0.15, 0.2) is 60.7 Å². The minimum atomic E-state index is -0.474. The van der Waals surface area contributed by atoms with E-state index >= 15 is 0 Å². The second-order valence-corrected chi connectivity index (χ2v) is 7.65. The number of ether oxygens (including phenoxy) is 3. The van der Waals surface area contributed by atoms with Crippen LogP contribution < -0.4 is 14.2 Å². The quantitative estimate of drug-likeness (QED) is 0.332. The van der Waals surface area contributed by atoms with Gasteiger partial charge in [0.25, 0.3) is 0 Å². The molecular formula is C26H24O6. The van der Waals surface area contributed by atoms with Crippen LogP contribution in [0.1, 0.15) is 46.3 Å². The summed E-state index contributed by atoms with van der Waals surface area (Å²) in [6.07, 6.45) is 0.800. The Balaban J connectivity index is 1.62. The van der Waals surface area contributed by atoms with Crippen molar-refractivity contribution in [1.29, 1.82) is 0 Å². The SMILES string of the molecule is COc1cc(C2CC(=O)Oc3ccc(C(C)=O)c(O)c32)ccc1OCCc1ccccc1. The summed E-state index contributed by atoms with van der Waals surface area (Å²) in [6.45, 7) is 1.87. The van der Waals surface area contributed by atoms with Crippen molar-refractivity contribution in [3.63, 3.8) is 0 Å². The van der Waals surface area contributed by atoms with Crippen LogP contribution in [-0.4, -0.2) is 30.6 Å². The number of carbonyl (C=O) groups excluding carboxylic acids is 2. The molecule has 1 atom stereocenters. The van der Waals surface area contributed by atoms with E-state index in [1.807, 2.05) is 36.4 Å². The fourth-order valence-corrected chi connectivity index (χ4v) is 3.96. The third-order valence-electron chi connectivity index (χ3n) is 5.58. The first kappa shape index (κ1) is 21.4. The van der Waals surface area contributed by atoms with Crippen molar-refractivity contribution in [3.05, 3.63) is 82.9 Å². The van der Waals surface area contributed by atoms with E-state index < -0.39 is 11.9 Å². The maximum atomic E-state index is 12.2. The van der Waals surface area contributed by atoms with Gasteiger partial charge in [0.2, 0.25) is 0 Å². The number of carbonyl (C=O) groups is 2. The Kier molecular flexibility index (Phi) is 6.12. The zero-order chi connectivity index (χ0) is 22.7. The number of rotatable bonds is 7. The topological polar surface area (TPSA) is 82.1 Å². The molecule has 32 heavy (non-hydrogen) atoms. The zero-order valence-corrected chi connectivity index (χ0v) is 18.0. The van der Waals surface area contributed by atoms with Crippen LogP contribution in [0.4, 0.5) is 0 Å². The van der Waals surface area contributed by atoms with Gasteiger partial charge in [-0.05, 0) is 42.3 Å². The van der Waals surface area contributed by atoms with Crippen molar-refractivity contribution < 1.29 is 28.9 Å². The van der Waals surface area contributed by atoms with E-state index in [4.69, 9.17) is 14.2 Å². The first-order chi connectivity index (χ1) is 15.5. The minimum Gasteiger partial charge on any atom is -0.507 e. The molecule has 3 aromatic carbocycles. The molecule has 0 saturated heterocycles. The van der Waals surface area contributed by atoms with E-state index in [0.29, 0.717) is 23.7 Å². The molecule has 6 heteroatoms. The number of methoxy groups -OCH3 is 1. The molecule has 0 amide bonds. The number of aromatic hydroxyl groups is 1. The van der Waals surface area contributed by atoms with Gasteiger partial charge in [0.05, 0.1) is 25.7 Å². The summed E-state index contributed by atoms with van der Waals surface area (Å²) in [5.74, 6) is 0.0782. The number of fused-ring (bicyclic) bond motifs is 1. The van der Waals surface area contributed by atoms with Crippen molar-refractivity contribution in [2.75, 3.05) is 13.7 Å². The van der Waals surface area contributed by atoms with Gasteiger partial charge >= 0.3 is 5.97 Å². The summed E-state index contributed by atoms with van der Waals surface area (Å²) in [6, 6.07) is 18.5. The van der Waals surface area contributed by atoms with E-state index in [1.54, 1.807) is 25.3 Å². The Morgan fingerprint density at radius 1 is 1.09 bits per heavy atom. The van der Waals surface area contributed by atoms with Gasteiger partial charge in [-0.3, -0.25) is 9.59 Å². The fraction of sp³-hybridized carbons (Fsp3) is 0.231. The van der Waals surface area contributed by atoms with E-state index in [2.05, 4.69) is 0 Å². The Hall–Kier alpha value is -3.80. The molecule has 3 aromatic rings. The van der Waals surface area contributed by atoms with E-state index in [0.717, 1.165) is 12.0 Å². The highest BCUT2D eigenvalue weighted by Gasteiger charge is 2.33. The molecule has 164 valence electrons. The molecule has 4 rings (SSSR count). The van der Waals surface area contributed by atoms with Crippen LogP contribution in [0.25, 0.3) is 0 Å². The summed E-state index contributed by atoms with van der Waals surface area (Å²) in [4.78, 5) is 24.1. The van der Waals surface area contributed by atoms with Gasteiger partial charge in [0.15, 0.2) is 17.3 Å². The molecular weight excluding hydrogens is 408 g/mol. The smallest absolute Gasteiger partial charge is 0.312 e. The van der Waals surface area contributed by atoms with Crippen LogP contribution >= 0.6 is 0 Å².